The van der Waals surface area contributed by atoms with E-state index in [1.165, 1.54) is 0 Å². The molecule has 0 fully saturated rings. The molecule has 0 aliphatic rings. The van der Waals surface area contributed by atoms with Crippen LogP contribution in [0.4, 0.5) is 11.4 Å². The van der Waals surface area contributed by atoms with Gasteiger partial charge < -0.3 is 15.8 Å². The van der Waals surface area contributed by atoms with Crippen molar-refractivity contribution in [2.75, 3.05) is 24.7 Å². The lowest BCUT2D eigenvalue weighted by Gasteiger charge is -2.08. The number of anilines is 2. The Morgan fingerprint density at radius 2 is 2.36 bits per heavy atom. The first-order valence-electron chi connectivity index (χ1n) is 4.14. The number of halogens is 1. The standard InChI is InChI=1S/C10H13ClN2O/c1-7(11)6-13-8-3-4-9(12)10(5-8)14-2/h3-5,13H,1,6,12H2,2H3. The van der Waals surface area contributed by atoms with Gasteiger partial charge in [-0.15, -0.1) is 0 Å². The number of nitrogens with one attached hydrogen (secondary N) is 1. The Hall–Kier alpha value is -1.35. The van der Waals surface area contributed by atoms with Crippen LogP contribution >= 0.6 is 11.6 Å². The van der Waals surface area contributed by atoms with Crippen LogP contribution in [0.5, 0.6) is 5.75 Å². The molecule has 0 bridgehead atoms. The number of rotatable bonds is 4. The molecule has 0 saturated carbocycles. The van der Waals surface area contributed by atoms with Crippen molar-refractivity contribution in [1.29, 1.82) is 0 Å². The molecule has 0 amide bonds. The summed E-state index contributed by atoms with van der Waals surface area (Å²) >= 11 is 5.62. The molecule has 0 aliphatic heterocycles. The largest absolute Gasteiger partial charge is 0.495 e. The van der Waals surface area contributed by atoms with Crippen LogP contribution in [0.3, 0.4) is 0 Å². The normalized spacial score (nSPS) is 9.57. The van der Waals surface area contributed by atoms with Crippen molar-refractivity contribution >= 4 is 23.0 Å². The summed E-state index contributed by atoms with van der Waals surface area (Å²) in [5.41, 5.74) is 7.17. The van der Waals surface area contributed by atoms with E-state index in [0.29, 0.717) is 23.0 Å². The van der Waals surface area contributed by atoms with Crippen molar-refractivity contribution in [3.05, 3.63) is 29.8 Å². The van der Waals surface area contributed by atoms with Crippen molar-refractivity contribution in [3.63, 3.8) is 0 Å². The van der Waals surface area contributed by atoms with Crippen LogP contribution in [0.25, 0.3) is 0 Å². The molecular weight excluding hydrogens is 200 g/mol. The Morgan fingerprint density at radius 3 is 2.93 bits per heavy atom. The first-order chi connectivity index (χ1) is 6.63. The number of methoxy groups -OCH3 is 1. The molecule has 0 radical (unpaired) electrons. The second kappa shape index (κ2) is 4.77. The lowest BCUT2D eigenvalue weighted by molar-refractivity contribution is 0.417. The Balaban J connectivity index is 2.74. The van der Waals surface area contributed by atoms with Crippen LogP contribution in [-0.2, 0) is 0 Å². The van der Waals surface area contributed by atoms with Gasteiger partial charge in [-0.25, -0.2) is 0 Å². The summed E-state index contributed by atoms with van der Waals surface area (Å²) < 4.78 is 5.07. The number of benzene rings is 1. The molecule has 1 rings (SSSR count). The van der Waals surface area contributed by atoms with E-state index >= 15 is 0 Å². The van der Waals surface area contributed by atoms with Crippen LogP contribution < -0.4 is 15.8 Å². The quantitative estimate of drug-likeness (QED) is 0.754. The summed E-state index contributed by atoms with van der Waals surface area (Å²) in [7, 11) is 1.58. The van der Waals surface area contributed by atoms with Gasteiger partial charge in [0, 0.05) is 16.8 Å². The monoisotopic (exact) mass is 212 g/mol. The van der Waals surface area contributed by atoms with E-state index in [4.69, 9.17) is 22.1 Å². The summed E-state index contributed by atoms with van der Waals surface area (Å²) in [4.78, 5) is 0. The molecule has 0 saturated heterocycles. The zero-order chi connectivity index (χ0) is 10.6. The number of nitrogens with two attached hydrogens (primary N) is 1. The Bertz CT molecular complexity index is 339. The molecule has 3 N–H and O–H groups in total. The van der Waals surface area contributed by atoms with E-state index in [1.54, 1.807) is 13.2 Å². The van der Waals surface area contributed by atoms with Gasteiger partial charge in [-0.2, -0.15) is 0 Å². The maximum Gasteiger partial charge on any atom is 0.143 e. The van der Waals surface area contributed by atoms with Gasteiger partial charge in [0.25, 0.3) is 0 Å². The predicted molar refractivity (Wildman–Crippen MR) is 60.9 cm³/mol. The summed E-state index contributed by atoms with van der Waals surface area (Å²) in [5, 5.41) is 3.64. The highest BCUT2D eigenvalue weighted by molar-refractivity contribution is 6.29. The third-order valence-corrected chi connectivity index (χ3v) is 1.85. The maximum atomic E-state index is 5.66. The van der Waals surface area contributed by atoms with Gasteiger partial charge in [-0.1, -0.05) is 18.2 Å². The molecule has 4 heteroatoms. The smallest absolute Gasteiger partial charge is 0.143 e. The zero-order valence-electron chi connectivity index (χ0n) is 8.01. The van der Waals surface area contributed by atoms with Gasteiger partial charge in [0.1, 0.15) is 5.75 Å². The fourth-order valence-electron chi connectivity index (χ4n) is 1.02. The van der Waals surface area contributed by atoms with Gasteiger partial charge in [0.05, 0.1) is 19.3 Å². The van der Waals surface area contributed by atoms with Crippen LogP contribution in [0.2, 0.25) is 0 Å². The van der Waals surface area contributed by atoms with Gasteiger partial charge in [-0.3, -0.25) is 0 Å². The fourth-order valence-corrected chi connectivity index (χ4v) is 1.09. The lowest BCUT2D eigenvalue weighted by atomic mass is 10.2. The number of nitrogen functional groups attached to an aromatic ring is 1. The van der Waals surface area contributed by atoms with Crippen molar-refractivity contribution < 1.29 is 4.74 Å². The van der Waals surface area contributed by atoms with Gasteiger partial charge >= 0.3 is 0 Å². The fraction of sp³-hybridized carbons (Fsp3) is 0.200. The van der Waals surface area contributed by atoms with Crippen LogP contribution in [-0.4, -0.2) is 13.7 Å². The predicted octanol–water partition coefficient (Wildman–Crippen LogP) is 2.44. The van der Waals surface area contributed by atoms with Gasteiger partial charge in [0.2, 0.25) is 0 Å². The minimum Gasteiger partial charge on any atom is -0.495 e. The number of hydrogen-bond donors (Lipinski definition) is 2. The molecule has 0 aromatic heterocycles. The Morgan fingerprint density at radius 1 is 1.64 bits per heavy atom. The van der Waals surface area contributed by atoms with E-state index in [0.717, 1.165) is 5.69 Å². The molecule has 0 heterocycles. The summed E-state index contributed by atoms with van der Waals surface area (Å²) in [6.45, 7) is 4.10. The SMILES string of the molecule is C=C(Cl)CNc1ccc(N)c(OC)c1. The van der Waals surface area contributed by atoms with E-state index in [2.05, 4.69) is 11.9 Å². The second-order valence-electron chi connectivity index (χ2n) is 2.83. The average Bonchev–Trinajstić information content (AvgIpc) is 2.16. The van der Waals surface area contributed by atoms with Crippen molar-refractivity contribution in [3.8, 4) is 5.75 Å². The maximum absolute atomic E-state index is 5.66. The van der Waals surface area contributed by atoms with Gasteiger partial charge in [-0.05, 0) is 12.1 Å². The van der Waals surface area contributed by atoms with Crippen molar-refractivity contribution in [2.24, 2.45) is 0 Å². The topological polar surface area (TPSA) is 47.3 Å². The average molecular weight is 213 g/mol. The Labute approximate surface area is 88.5 Å². The van der Waals surface area contributed by atoms with Crippen molar-refractivity contribution in [1.82, 2.24) is 0 Å². The van der Waals surface area contributed by atoms with E-state index < -0.39 is 0 Å². The lowest BCUT2D eigenvalue weighted by Crippen LogP contribution is -2.01. The highest BCUT2D eigenvalue weighted by atomic mass is 35.5. The molecule has 1 aromatic carbocycles. The first-order valence-corrected chi connectivity index (χ1v) is 4.52. The Kier molecular flexibility index (Phi) is 3.65. The van der Waals surface area contributed by atoms with E-state index in [1.807, 2.05) is 12.1 Å². The summed E-state index contributed by atoms with van der Waals surface area (Å²) in [5.74, 6) is 0.648. The summed E-state index contributed by atoms with van der Waals surface area (Å²) in [6, 6.07) is 5.45. The minimum atomic E-state index is 0.522. The summed E-state index contributed by atoms with van der Waals surface area (Å²) in [6.07, 6.45) is 0. The molecule has 1 aromatic rings. The zero-order valence-corrected chi connectivity index (χ0v) is 8.77. The second-order valence-corrected chi connectivity index (χ2v) is 3.36. The molecule has 0 atom stereocenters. The molecule has 3 nitrogen and oxygen atoms in total. The molecule has 14 heavy (non-hydrogen) atoms. The van der Waals surface area contributed by atoms with Crippen LogP contribution in [0, 0.1) is 0 Å². The van der Waals surface area contributed by atoms with Gasteiger partial charge in [0.15, 0.2) is 0 Å². The van der Waals surface area contributed by atoms with Crippen LogP contribution in [0.1, 0.15) is 0 Å². The van der Waals surface area contributed by atoms with Crippen LogP contribution in [0.15, 0.2) is 29.8 Å². The molecule has 76 valence electrons. The molecular formula is C10H13ClN2O. The van der Waals surface area contributed by atoms with E-state index in [-0.39, 0.29) is 0 Å². The third kappa shape index (κ3) is 2.85. The highest BCUT2D eigenvalue weighted by Crippen LogP contribution is 2.24. The number of ether oxygens (including phenoxy) is 1. The molecule has 0 spiro atoms. The van der Waals surface area contributed by atoms with Crippen molar-refractivity contribution in [2.45, 2.75) is 0 Å². The highest BCUT2D eigenvalue weighted by Gasteiger charge is 2.00. The minimum absolute atomic E-state index is 0.522. The first kappa shape index (κ1) is 10.7. The molecule has 0 aliphatic carbocycles. The molecule has 0 unspecified atom stereocenters. The number of hydrogen-bond acceptors (Lipinski definition) is 3. The third-order valence-electron chi connectivity index (χ3n) is 1.72. The van der Waals surface area contributed by atoms with E-state index in [9.17, 15) is 0 Å².